The van der Waals surface area contributed by atoms with Gasteiger partial charge in [-0.2, -0.15) is 0 Å². The van der Waals surface area contributed by atoms with Crippen LogP contribution < -0.4 is 0 Å². The van der Waals surface area contributed by atoms with E-state index in [4.69, 9.17) is 18.9 Å². The molecule has 0 unspecified atom stereocenters. The Kier molecular flexibility index (Phi) is 7.68. The molecule has 5 aliphatic rings. The van der Waals surface area contributed by atoms with Gasteiger partial charge >= 0.3 is 5.97 Å². The molecule has 0 aromatic heterocycles. The average Bonchev–Trinajstić information content (AvgIpc) is 3.28. The Labute approximate surface area is 238 Å². The quantitative estimate of drug-likeness (QED) is 0.186. The molecule has 39 heavy (non-hydrogen) atoms. The molecular weight excluding hydrogens is 488 g/mol. The molecule has 222 valence electrons. The molecule has 5 aliphatic carbocycles. The summed E-state index contributed by atoms with van der Waals surface area (Å²) in [6.07, 6.45) is 11.7. The highest BCUT2D eigenvalue weighted by molar-refractivity contribution is 5.78. The zero-order chi connectivity index (χ0) is 28.4. The van der Waals surface area contributed by atoms with Crippen molar-refractivity contribution in [3.05, 3.63) is 12.2 Å². The number of ether oxygens (including phenoxy) is 4. The van der Waals surface area contributed by atoms with E-state index in [1.54, 1.807) is 14.2 Å². The first-order valence-electron chi connectivity index (χ1n) is 15.8. The fourth-order valence-electron chi connectivity index (χ4n) is 12.2. The molecule has 5 saturated carbocycles. The summed E-state index contributed by atoms with van der Waals surface area (Å²) in [6.45, 7) is 19.9. The van der Waals surface area contributed by atoms with Crippen LogP contribution in [0.3, 0.4) is 0 Å². The van der Waals surface area contributed by atoms with Crippen LogP contribution in [0.2, 0.25) is 0 Å². The smallest absolute Gasteiger partial charge is 0.314 e. The summed E-state index contributed by atoms with van der Waals surface area (Å²) in [7, 11) is 3.33. The minimum atomic E-state index is -0.380. The number of fused-ring (bicyclic) bond motifs is 7. The van der Waals surface area contributed by atoms with Gasteiger partial charge in [-0.1, -0.05) is 46.8 Å². The fraction of sp³-hybridized carbons (Fsp3) is 0.912. The van der Waals surface area contributed by atoms with Gasteiger partial charge < -0.3 is 18.9 Å². The van der Waals surface area contributed by atoms with Crippen LogP contribution in [-0.4, -0.2) is 39.9 Å². The van der Waals surface area contributed by atoms with Crippen LogP contribution in [0, 0.1) is 56.7 Å². The third-order valence-electron chi connectivity index (χ3n) is 14.1. The highest BCUT2D eigenvalue weighted by atomic mass is 16.7. The third kappa shape index (κ3) is 4.06. The first-order chi connectivity index (χ1) is 18.3. The number of methoxy groups -OCH3 is 2. The van der Waals surface area contributed by atoms with Crippen LogP contribution in [0.4, 0.5) is 0 Å². The first kappa shape index (κ1) is 29.6. The van der Waals surface area contributed by atoms with E-state index in [1.807, 2.05) is 0 Å². The summed E-state index contributed by atoms with van der Waals surface area (Å²) >= 11 is 0. The molecule has 5 nitrogen and oxygen atoms in total. The van der Waals surface area contributed by atoms with Gasteiger partial charge in [0.15, 0.2) is 6.79 Å². The van der Waals surface area contributed by atoms with Crippen molar-refractivity contribution in [2.24, 2.45) is 56.7 Å². The van der Waals surface area contributed by atoms with Crippen LogP contribution in [-0.2, 0) is 23.7 Å². The van der Waals surface area contributed by atoms with E-state index >= 15 is 0 Å². The Morgan fingerprint density at radius 2 is 1.51 bits per heavy atom. The number of allylic oxidation sites excluding steroid dienone is 1. The lowest BCUT2D eigenvalue weighted by molar-refractivity contribution is -0.257. The number of hydrogen-bond acceptors (Lipinski definition) is 5. The third-order valence-corrected chi connectivity index (χ3v) is 14.1. The van der Waals surface area contributed by atoms with E-state index in [2.05, 4.69) is 48.1 Å². The molecule has 5 fully saturated rings. The first-order valence-corrected chi connectivity index (χ1v) is 15.8. The Bertz CT molecular complexity index is 959. The molecule has 5 heteroatoms. The van der Waals surface area contributed by atoms with Crippen molar-refractivity contribution < 1.29 is 23.7 Å². The van der Waals surface area contributed by atoms with Gasteiger partial charge in [0.25, 0.3) is 0 Å². The SMILES string of the molecule is C=C(C)[C@@H]1CC[C@]2(C(=O)OCOC)CC[C@]3(C)[C@H](CC[C@@H]4[C@@]5(C)CC[C@H](OCOC)C(C)(C)[C@@H]5CC[C@]43C)[C@@H]12. The number of rotatable bonds is 7. The van der Waals surface area contributed by atoms with Gasteiger partial charge in [0.2, 0.25) is 0 Å². The van der Waals surface area contributed by atoms with Gasteiger partial charge in [-0.15, -0.1) is 0 Å². The van der Waals surface area contributed by atoms with Crippen molar-refractivity contribution in [1.82, 2.24) is 0 Å². The van der Waals surface area contributed by atoms with E-state index in [0.717, 1.165) is 32.1 Å². The molecule has 0 bridgehead atoms. The van der Waals surface area contributed by atoms with E-state index in [-0.39, 0.29) is 40.5 Å². The van der Waals surface area contributed by atoms with Crippen molar-refractivity contribution in [1.29, 1.82) is 0 Å². The van der Waals surface area contributed by atoms with Crippen molar-refractivity contribution in [3.8, 4) is 0 Å². The molecule has 0 amide bonds. The molecule has 0 spiro atoms. The summed E-state index contributed by atoms with van der Waals surface area (Å²) in [6, 6.07) is 0. The van der Waals surface area contributed by atoms with Crippen molar-refractivity contribution in [3.63, 3.8) is 0 Å². The average molecular weight is 545 g/mol. The van der Waals surface area contributed by atoms with Gasteiger partial charge in [0.1, 0.15) is 6.79 Å². The maximum atomic E-state index is 13.7. The standard InChI is InChI=1S/C34H56O5/c1-22(2)23-12-17-34(29(35)39-21-37-9)19-18-32(6)24(28(23)34)10-11-26-31(5)15-14-27(38-20-36-8)30(3,4)25(31)13-16-33(26,32)7/h23-28H,1,10-21H2,2-9H3/t23-,24+,25-,26+,27-,28+,31-,32+,33+,34-/m0/s1. The molecule has 0 saturated heterocycles. The lowest BCUT2D eigenvalue weighted by Crippen LogP contribution is -2.67. The van der Waals surface area contributed by atoms with E-state index < -0.39 is 0 Å². The normalized spacial score (nSPS) is 48.3. The van der Waals surface area contributed by atoms with Gasteiger partial charge in [0, 0.05) is 14.2 Å². The largest absolute Gasteiger partial charge is 0.438 e. The molecule has 0 aromatic rings. The van der Waals surface area contributed by atoms with E-state index in [9.17, 15) is 4.79 Å². The van der Waals surface area contributed by atoms with Gasteiger partial charge in [0.05, 0.1) is 11.5 Å². The van der Waals surface area contributed by atoms with Crippen molar-refractivity contribution >= 4 is 5.97 Å². The molecule has 0 aromatic carbocycles. The Morgan fingerprint density at radius 3 is 2.18 bits per heavy atom. The van der Waals surface area contributed by atoms with Crippen LogP contribution >= 0.6 is 0 Å². The lowest BCUT2D eigenvalue weighted by atomic mass is 9.32. The van der Waals surface area contributed by atoms with Gasteiger partial charge in [-0.25, -0.2) is 0 Å². The number of esters is 1. The maximum Gasteiger partial charge on any atom is 0.314 e. The Morgan fingerprint density at radius 1 is 0.795 bits per heavy atom. The summed E-state index contributed by atoms with van der Waals surface area (Å²) in [5.41, 5.74) is 1.80. The Balaban J connectivity index is 1.49. The predicted octanol–water partition coefficient (Wildman–Crippen LogP) is 7.78. The summed E-state index contributed by atoms with van der Waals surface area (Å²) < 4.78 is 22.5. The Hall–Kier alpha value is -0.910. The lowest BCUT2D eigenvalue weighted by Gasteiger charge is -2.72. The molecule has 5 rings (SSSR count). The van der Waals surface area contributed by atoms with Gasteiger partial charge in [-0.3, -0.25) is 4.79 Å². The summed E-state index contributed by atoms with van der Waals surface area (Å²) in [4.78, 5) is 13.7. The zero-order valence-electron chi connectivity index (χ0n) is 26.2. The monoisotopic (exact) mass is 544 g/mol. The van der Waals surface area contributed by atoms with Crippen LogP contribution in [0.15, 0.2) is 12.2 Å². The number of carbonyl (C=O) groups excluding carboxylic acids is 1. The van der Waals surface area contributed by atoms with Crippen LogP contribution in [0.25, 0.3) is 0 Å². The molecule has 0 N–H and O–H groups in total. The topological polar surface area (TPSA) is 54.0 Å². The van der Waals surface area contributed by atoms with Crippen molar-refractivity contribution in [2.45, 2.75) is 112 Å². The minimum Gasteiger partial charge on any atom is -0.438 e. The molecule has 0 heterocycles. The van der Waals surface area contributed by atoms with Gasteiger partial charge in [-0.05, 0) is 122 Å². The van der Waals surface area contributed by atoms with Crippen molar-refractivity contribution in [2.75, 3.05) is 27.8 Å². The molecular formula is C34H56O5. The molecule has 0 aliphatic heterocycles. The number of hydrogen-bond donors (Lipinski definition) is 0. The molecule has 10 atom stereocenters. The van der Waals surface area contributed by atoms with Crippen LogP contribution in [0.1, 0.15) is 106 Å². The molecule has 0 radical (unpaired) electrons. The minimum absolute atomic E-state index is 0.0146. The number of carbonyl (C=O) groups is 1. The second-order valence-corrected chi connectivity index (χ2v) is 15.6. The van der Waals surface area contributed by atoms with E-state index in [0.29, 0.717) is 41.8 Å². The van der Waals surface area contributed by atoms with E-state index in [1.165, 1.54) is 37.7 Å². The zero-order valence-corrected chi connectivity index (χ0v) is 26.2. The summed E-state index contributed by atoms with van der Waals surface area (Å²) in [5, 5.41) is 0. The fourth-order valence-corrected chi connectivity index (χ4v) is 12.2. The predicted molar refractivity (Wildman–Crippen MR) is 154 cm³/mol. The van der Waals surface area contributed by atoms with Crippen LogP contribution in [0.5, 0.6) is 0 Å². The second-order valence-electron chi connectivity index (χ2n) is 15.6. The highest BCUT2D eigenvalue weighted by Crippen LogP contribution is 2.77. The summed E-state index contributed by atoms with van der Waals surface area (Å²) in [5.74, 6) is 2.60. The second kappa shape index (κ2) is 10.1. The highest BCUT2D eigenvalue weighted by Gasteiger charge is 2.72. The maximum absolute atomic E-state index is 13.7.